The molecule has 0 saturated carbocycles. The number of rotatable bonds is 14. The molecule has 1 heterocycles. The SMILES string of the molecule is CCCCCCCCCC(=O)N(Cc1ccccc1)Cc1cccn1Cc1ccccc1C. The maximum absolute atomic E-state index is 13.2. The number of hydrogen-bond acceptors (Lipinski definition) is 1. The van der Waals surface area contributed by atoms with Gasteiger partial charge in [0.05, 0.1) is 6.54 Å². The number of aryl methyl sites for hydroxylation is 1. The highest BCUT2D eigenvalue weighted by Gasteiger charge is 2.16. The molecule has 3 aromatic rings. The van der Waals surface area contributed by atoms with Gasteiger partial charge in [0, 0.05) is 31.4 Å². The summed E-state index contributed by atoms with van der Waals surface area (Å²) in [5.74, 6) is 0.260. The van der Waals surface area contributed by atoms with Crippen molar-refractivity contribution in [1.29, 1.82) is 0 Å². The molecule has 3 heteroatoms. The summed E-state index contributed by atoms with van der Waals surface area (Å²) in [7, 11) is 0. The maximum Gasteiger partial charge on any atom is 0.223 e. The molecule has 33 heavy (non-hydrogen) atoms. The molecule has 0 radical (unpaired) electrons. The quantitative estimate of drug-likeness (QED) is 0.236. The summed E-state index contributed by atoms with van der Waals surface area (Å²) >= 11 is 0. The molecule has 0 atom stereocenters. The Labute approximate surface area is 200 Å². The third-order valence-electron chi connectivity index (χ3n) is 6.44. The first-order chi connectivity index (χ1) is 16.2. The van der Waals surface area contributed by atoms with Gasteiger partial charge >= 0.3 is 0 Å². The summed E-state index contributed by atoms with van der Waals surface area (Å²) in [5.41, 5.74) is 4.98. The second kappa shape index (κ2) is 13.7. The standard InChI is InChI=1S/C30H40N2O/c1-3-4-5-6-7-8-12-21-30(33)32(23-27-17-10-9-11-18-27)25-29-20-15-22-31(29)24-28-19-14-13-16-26(28)2/h9-11,13-20,22H,3-8,12,21,23-25H2,1-2H3. The largest absolute Gasteiger partial charge is 0.345 e. The highest BCUT2D eigenvalue weighted by molar-refractivity contribution is 5.76. The van der Waals surface area contributed by atoms with Gasteiger partial charge in [0.25, 0.3) is 0 Å². The second-order valence-electron chi connectivity index (χ2n) is 9.16. The average Bonchev–Trinajstić information content (AvgIpc) is 3.26. The molecule has 176 valence electrons. The Morgan fingerprint density at radius 1 is 0.788 bits per heavy atom. The van der Waals surface area contributed by atoms with Gasteiger partial charge < -0.3 is 9.47 Å². The lowest BCUT2D eigenvalue weighted by atomic mass is 10.1. The Balaban J connectivity index is 1.63. The molecule has 1 amide bonds. The third-order valence-corrected chi connectivity index (χ3v) is 6.44. The minimum Gasteiger partial charge on any atom is -0.345 e. The smallest absolute Gasteiger partial charge is 0.223 e. The number of amides is 1. The van der Waals surface area contributed by atoms with Crippen molar-refractivity contribution in [2.75, 3.05) is 0 Å². The number of carbonyl (C=O) groups is 1. The Morgan fingerprint density at radius 2 is 1.48 bits per heavy atom. The van der Waals surface area contributed by atoms with Crippen molar-refractivity contribution in [1.82, 2.24) is 9.47 Å². The molecule has 0 saturated heterocycles. The monoisotopic (exact) mass is 444 g/mol. The van der Waals surface area contributed by atoms with Gasteiger partial charge in [-0.3, -0.25) is 4.79 Å². The molecule has 0 N–H and O–H groups in total. The van der Waals surface area contributed by atoms with Gasteiger partial charge in [0.1, 0.15) is 0 Å². The van der Waals surface area contributed by atoms with Crippen LogP contribution in [0.2, 0.25) is 0 Å². The van der Waals surface area contributed by atoms with Gasteiger partial charge in [-0.2, -0.15) is 0 Å². The van der Waals surface area contributed by atoms with Crippen LogP contribution >= 0.6 is 0 Å². The first-order valence-corrected chi connectivity index (χ1v) is 12.7. The number of hydrogen-bond donors (Lipinski definition) is 0. The molecule has 2 aromatic carbocycles. The summed E-state index contributed by atoms with van der Waals surface area (Å²) in [6, 6.07) is 23.1. The van der Waals surface area contributed by atoms with E-state index in [1.165, 1.54) is 54.5 Å². The zero-order chi connectivity index (χ0) is 23.3. The number of benzene rings is 2. The van der Waals surface area contributed by atoms with Gasteiger partial charge in [-0.05, 0) is 42.2 Å². The van der Waals surface area contributed by atoms with E-state index in [1.807, 2.05) is 11.0 Å². The summed E-state index contributed by atoms with van der Waals surface area (Å²) in [5, 5.41) is 0. The van der Waals surface area contributed by atoms with Crippen LogP contribution in [0.1, 0.15) is 80.7 Å². The number of carbonyl (C=O) groups excluding carboxylic acids is 1. The molecule has 0 fully saturated rings. The minimum atomic E-state index is 0.260. The van der Waals surface area contributed by atoms with Crippen LogP contribution in [0.15, 0.2) is 72.9 Å². The number of unbranched alkanes of at least 4 members (excludes halogenated alkanes) is 6. The predicted octanol–water partition coefficient (Wildman–Crippen LogP) is 7.51. The van der Waals surface area contributed by atoms with Crippen LogP contribution in [0.5, 0.6) is 0 Å². The Bertz CT molecular complexity index is 960. The lowest BCUT2D eigenvalue weighted by Gasteiger charge is -2.24. The fourth-order valence-corrected chi connectivity index (χ4v) is 4.34. The van der Waals surface area contributed by atoms with Crippen LogP contribution in [0.4, 0.5) is 0 Å². The molecule has 3 rings (SSSR count). The van der Waals surface area contributed by atoms with Crippen LogP contribution in [-0.2, 0) is 24.4 Å². The zero-order valence-electron chi connectivity index (χ0n) is 20.5. The Hall–Kier alpha value is -2.81. The van der Waals surface area contributed by atoms with E-state index in [9.17, 15) is 4.79 Å². The van der Waals surface area contributed by atoms with Gasteiger partial charge in [-0.1, -0.05) is 100 Å². The number of nitrogens with zero attached hydrogens (tertiary/aromatic N) is 2. The van der Waals surface area contributed by atoms with Crippen molar-refractivity contribution in [3.63, 3.8) is 0 Å². The first kappa shape index (κ1) is 24.8. The summed E-state index contributed by atoms with van der Waals surface area (Å²) in [4.78, 5) is 15.3. The Morgan fingerprint density at radius 3 is 2.24 bits per heavy atom. The molecule has 0 bridgehead atoms. The zero-order valence-corrected chi connectivity index (χ0v) is 20.5. The first-order valence-electron chi connectivity index (χ1n) is 12.7. The lowest BCUT2D eigenvalue weighted by Crippen LogP contribution is -2.30. The van der Waals surface area contributed by atoms with Gasteiger partial charge in [0.2, 0.25) is 5.91 Å². The van der Waals surface area contributed by atoms with Gasteiger partial charge in [-0.15, -0.1) is 0 Å². The lowest BCUT2D eigenvalue weighted by molar-refractivity contribution is -0.132. The van der Waals surface area contributed by atoms with Gasteiger partial charge in [0.15, 0.2) is 0 Å². The van der Waals surface area contributed by atoms with Crippen LogP contribution in [0.3, 0.4) is 0 Å². The van der Waals surface area contributed by atoms with Crippen LogP contribution < -0.4 is 0 Å². The van der Waals surface area contributed by atoms with E-state index in [0.717, 1.165) is 19.4 Å². The van der Waals surface area contributed by atoms with E-state index in [-0.39, 0.29) is 5.91 Å². The van der Waals surface area contributed by atoms with E-state index >= 15 is 0 Å². The normalized spacial score (nSPS) is 11.0. The third kappa shape index (κ3) is 8.24. The van der Waals surface area contributed by atoms with Crippen molar-refractivity contribution < 1.29 is 4.79 Å². The molecule has 0 aliphatic carbocycles. The van der Waals surface area contributed by atoms with Crippen molar-refractivity contribution in [2.24, 2.45) is 0 Å². The van der Waals surface area contributed by atoms with E-state index in [1.54, 1.807) is 0 Å². The molecule has 0 unspecified atom stereocenters. The fraction of sp³-hybridized carbons (Fsp3) is 0.433. The fourth-order valence-electron chi connectivity index (χ4n) is 4.34. The summed E-state index contributed by atoms with van der Waals surface area (Å²) in [6.07, 6.45) is 11.4. The van der Waals surface area contributed by atoms with Crippen molar-refractivity contribution in [3.8, 4) is 0 Å². The molecule has 3 nitrogen and oxygen atoms in total. The highest BCUT2D eigenvalue weighted by atomic mass is 16.2. The molecule has 0 aliphatic heterocycles. The maximum atomic E-state index is 13.2. The highest BCUT2D eigenvalue weighted by Crippen LogP contribution is 2.17. The van der Waals surface area contributed by atoms with E-state index in [0.29, 0.717) is 19.5 Å². The van der Waals surface area contributed by atoms with Crippen LogP contribution in [0.25, 0.3) is 0 Å². The molecule has 1 aromatic heterocycles. The molecule has 0 spiro atoms. The second-order valence-corrected chi connectivity index (χ2v) is 9.16. The topological polar surface area (TPSA) is 25.2 Å². The van der Waals surface area contributed by atoms with Gasteiger partial charge in [-0.25, -0.2) is 0 Å². The number of aromatic nitrogens is 1. The summed E-state index contributed by atoms with van der Waals surface area (Å²) in [6.45, 7) is 6.54. The van der Waals surface area contributed by atoms with E-state index in [2.05, 4.69) is 85.3 Å². The molecule has 0 aliphatic rings. The van der Waals surface area contributed by atoms with E-state index < -0.39 is 0 Å². The van der Waals surface area contributed by atoms with Crippen LogP contribution in [0, 0.1) is 6.92 Å². The minimum absolute atomic E-state index is 0.260. The average molecular weight is 445 g/mol. The molecular weight excluding hydrogens is 404 g/mol. The predicted molar refractivity (Wildman–Crippen MR) is 138 cm³/mol. The van der Waals surface area contributed by atoms with Crippen molar-refractivity contribution in [3.05, 3.63) is 95.3 Å². The Kier molecular flexibility index (Phi) is 10.3. The van der Waals surface area contributed by atoms with Crippen molar-refractivity contribution in [2.45, 2.75) is 84.8 Å². The molecular formula is C30H40N2O. The van der Waals surface area contributed by atoms with E-state index in [4.69, 9.17) is 0 Å². The van der Waals surface area contributed by atoms with Crippen LogP contribution in [-0.4, -0.2) is 15.4 Å². The summed E-state index contributed by atoms with van der Waals surface area (Å²) < 4.78 is 2.28. The van der Waals surface area contributed by atoms with Crippen molar-refractivity contribution >= 4 is 5.91 Å².